The highest BCUT2D eigenvalue weighted by Gasteiger charge is 2.23. The van der Waals surface area contributed by atoms with E-state index in [0.29, 0.717) is 10.8 Å². The van der Waals surface area contributed by atoms with Gasteiger partial charge in [-0.15, -0.1) is 0 Å². The fraction of sp³-hybridized carbons (Fsp3) is 1.00. The first kappa shape index (κ1) is 27.9. The van der Waals surface area contributed by atoms with Gasteiger partial charge in [-0.2, -0.15) is 0 Å². The van der Waals surface area contributed by atoms with Crippen molar-refractivity contribution in [1.82, 2.24) is 0 Å². The van der Waals surface area contributed by atoms with Gasteiger partial charge in [0.1, 0.15) is 0 Å². The lowest BCUT2D eigenvalue weighted by Crippen LogP contribution is -2.21. The van der Waals surface area contributed by atoms with Crippen LogP contribution in [0.4, 0.5) is 0 Å². The Balaban J connectivity index is 3.97. The van der Waals surface area contributed by atoms with Crippen molar-refractivity contribution < 1.29 is 9.47 Å². The summed E-state index contributed by atoms with van der Waals surface area (Å²) in [6.45, 7) is 26.6. The lowest BCUT2D eigenvalue weighted by Gasteiger charge is -2.31. The van der Waals surface area contributed by atoms with Crippen molar-refractivity contribution in [3.63, 3.8) is 0 Å². The first-order valence-electron chi connectivity index (χ1n) is 11.9. The van der Waals surface area contributed by atoms with Crippen LogP contribution in [0.5, 0.6) is 0 Å². The summed E-state index contributed by atoms with van der Waals surface area (Å²) in [6.07, 6.45) is 7.55. The summed E-state index contributed by atoms with van der Waals surface area (Å²) >= 11 is 0. The SMILES string of the molecule is CC(C)CC(CCOCCOCCC(CC(C)(C)C)CC(C)(C)C)CC(C)C. The maximum Gasteiger partial charge on any atom is 0.0700 e. The minimum atomic E-state index is 0.390. The molecule has 0 aromatic rings. The minimum absolute atomic E-state index is 0.390. The molecule has 0 atom stereocenters. The van der Waals surface area contributed by atoms with Crippen LogP contribution in [0.25, 0.3) is 0 Å². The number of ether oxygens (including phenoxy) is 2. The van der Waals surface area contributed by atoms with Crippen molar-refractivity contribution in [3.05, 3.63) is 0 Å². The summed E-state index contributed by atoms with van der Waals surface area (Å²) in [7, 11) is 0. The van der Waals surface area contributed by atoms with Gasteiger partial charge in [0, 0.05) is 13.2 Å². The quantitative estimate of drug-likeness (QED) is 0.260. The predicted molar refractivity (Wildman–Crippen MR) is 125 cm³/mol. The van der Waals surface area contributed by atoms with Crippen LogP contribution in [-0.2, 0) is 9.47 Å². The topological polar surface area (TPSA) is 18.5 Å². The van der Waals surface area contributed by atoms with E-state index in [4.69, 9.17) is 9.47 Å². The maximum absolute atomic E-state index is 5.90. The van der Waals surface area contributed by atoms with Crippen LogP contribution in [0.1, 0.15) is 108 Å². The zero-order valence-corrected chi connectivity index (χ0v) is 21.2. The van der Waals surface area contributed by atoms with Crippen molar-refractivity contribution in [2.24, 2.45) is 34.5 Å². The Hall–Kier alpha value is -0.0800. The second-order valence-electron chi connectivity index (χ2n) is 12.3. The molecule has 0 aromatic carbocycles. The molecule has 0 saturated heterocycles. The van der Waals surface area contributed by atoms with Crippen molar-refractivity contribution in [2.75, 3.05) is 26.4 Å². The van der Waals surface area contributed by atoms with Crippen molar-refractivity contribution >= 4 is 0 Å². The zero-order chi connectivity index (χ0) is 21.8. The Bertz CT molecular complexity index is 334. The van der Waals surface area contributed by atoms with E-state index in [1.54, 1.807) is 0 Å². The molecule has 0 aliphatic carbocycles. The van der Waals surface area contributed by atoms with E-state index in [2.05, 4.69) is 69.2 Å². The summed E-state index contributed by atoms with van der Waals surface area (Å²) in [6, 6.07) is 0. The number of hydrogen-bond donors (Lipinski definition) is 0. The minimum Gasteiger partial charge on any atom is -0.379 e. The summed E-state index contributed by atoms with van der Waals surface area (Å²) in [5, 5.41) is 0. The summed E-state index contributed by atoms with van der Waals surface area (Å²) < 4.78 is 11.8. The van der Waals surface area contributed by atoms with Crippen molar-refractivity contribution in [3.8, 4) is 0 Å². The van der Waals surface area contributed by atoms with Gasteiger partial charge in [0.2, 0.25) is 0 Å². The third-order valence-corrected chi connectivity index (χ3v) is 5.12. The van der Waals surface area contributed by atoms with E-state index >= 15 is 0 Å². The lowest BCUT2D eigenvalue weighted by molar-refractivity contribution is 0.0328. The van der Waals surface area contributed by atoms with Crippen LogP contribution < -0.4 is 0 Å². The predicted octanol–water partition coefficient (Wildman–Crippen LogP) is 8.00. The molecule has 0 aromatic heterocycles. The normalized spacial score (nSPS) is 13.5. The highest BCUT2D eigenvalue weighted by Crippen LogP contribution is 2.34. The maximum atomic E-state index is 5.90. The molecule has 0 unspecified atom stereocenters. The van der Waals surface area contributed by atoms with Crippen molar-refractivity contribution in [2.45, 2.75) is 108 Å². The van der Waals surface area contributed by atoms with Gasteiger partial charge in [-0.25, -0.2) is 0 Å². The van der Waals surface area contributed by atoms with Crippen LogP contribution >= 0.6 is 0 Å². The molecule has 0 fully saturated rings. The van der Waals surface area contributed by atoms with E-state index in [0.717, 1.165) is 50.1 Å². The van der Waals surface area contributed by atoms with Crippen LogP contribution in [0.3, 0.4) is 0 Å². The van der Waals surface area contributed by atoms with Crippen LogP contribution in [0.2, 0.25) is 0 Å². The van der Waals surface area contributed by atoms with E-state index in [1.165, 1.54) is 38.5 Å². The summed E-state index contributed by atoms with van der Waals surface area (Å²) in [5.74, 6) is 3.10. The Labute approximate surface area is 178 Å². The molecule has 0 N–H and O–H groups in total. The van der Waals surface area contributed by atoms with Crippen LogP contribution in [0.15, 0.2) is 0 Å². The first-order chi connectivity index (χ1) is 12.8. The third-order valence-electron chi connectivity index (χ3n) is 5.12. The molecule has 0 aliphatic rings. The molecule has 0 rings (SSSR count). The summed E-state index contributed by atoms with van der Waals surface area (Å²) in [4.78, 5) is 0. The van der Waals surface area contributed by atoms with Gasteiger partial charge in [0.15, 0.2) is 0 Å². The van der Waals surface area contributed by atoms with Crippen molar-refractivity contribution in [1.29, 1.82) is 0 Å². The fourth-order valence-corrected chi connectivity index (χ4v) is 4.50. The average Bonchev–Trinajstić information content (AvgIpc) is 2.45. The second-order valence-corrected chi connectivity index (χ2v) is 12.3. The third kappa shape index (κ3) is 19.2. The molecule has 0 amide bonds. The molecular weight excluding hydrogens is 344 g/mol. The van der Waals surface area contributed by atoms with Crippen LogP contribution in [-0.4, -0.2) is 26.4 Å². The second kappa shape index (κ2) is 14.0. The largest absolute Gasteiger partial charge is 0.379 e. The van der Waals surface area contributed by atoms with Gasteiger partial charge in [0.05, 0.1) is 13.2 Å². The van der Waals surface area contributed by atoms with Crippen LogP contribution in [0, 0.1) is 34.5 Å². The monoisotopic (exact) mass is 398 g/mol. The lowest BCUT2D eigenvalue weighted by atomic mass is 9.76. The van der Waals surface area contributed by atoms with Gasteiger partial charge >= 0.3 is 0 Å². The van der Waals surface area contributed by atoms with Gasteiger partial charge in [-0.1, -0.05) is 69.2 Å². The van der Waals surface area contributed by atoms with E-state index < -0.39 is 0 Å². The van der Waals surface area contributed by atoms with E-state index in [9.17, 15) is 0 Å². The molecule has 0 aliphatic heterocycles. The van der Waals surface area contributed by atoms with E-state index in [-0.39, 0.29) is 0 Å². The van der Waals surface area contributed by atoms with Gasteiger partial charge in [0.25, 0.3) is 0 Å². The Morgan fingerprint density at radius 3 is 1.21 bits per heavy atom. The van der Waals surface area contributed by atoms with Gasteiger partial charge < -0.3 is 9.47 Å². The highest BCUT2D eigenvalue weighted by atomic mass is 16.5. The molecule has 0 bridgehead atoms. The number of rotatable bonds is 15. The molecular formula is C26H54O2. The molecule has 0 saturated carbocycles. The van der Waals surface area contributed by atoms with Gasteiger partial charge in [-0.05, 0) is 73.0 Å². The molecule has 0 radical (unpaired) electrons. The Morgan fingerprint density at radius 2 is 0.893 bits per heavy atom. The fourth-order valence-electron chi connectivity index (χ4n) is 4.50. The molecule has 28 heavy (non-hydrogen) atoms. The average molecular weight is 399 g/mol. The molecule has 2 heteroatoms. The molecule has 2 nitrogen and oxygen atoms in total. The first-order valence-corrected chi connectivity index (χ1v) is 11.9. The highest BCUT2D eigenvalue weighted by molar-refractivity contribution is 4.74. The van der Waals surface area contributed by atoms with E-state index in [1.807, 2.05) is 0 Å². The standard InChI is InChI=1S/C26H54O2/c1-21(2)17-23(18-22(3)4)11-13-27-15-16-28-14-12-24(19-25(5,6)7)20-26(8,9)10/h21-24H,11-20H2,1-10H3. The smallest absolute Gasteiger partial charge is 0.0700 e. The number of hydrogen-bond acceptors (Lipinski definition) is 2. The Kier molecular flexibility index (Phi) is 14.0. The van der Waals surface area contributed by atoms with Gasteiger partial charge in [-0.3, -0.25) is 0 Å². The molecule has 0 heterocycles. The summed E-state index contributed by atoms with van der Waals surface area (Å²) in [5.41, 5.74) is 0.781. The molecule has 0 spiro atoms. The molecule has 170 valence electrons. The Morgan fingerprint density at radius 1 is 0.536 bits per heavy atom. The zero-order valence-electron chi connectivity index (χ0n) is 21.2.